The van der Waals surface area contributed by atoms with Crippen LogP contribution in [0.3, 0.4) is 0 Å². The third-order valence-electron chi connectivity index (χ3n) is 5.38. The smallest absolute Gasteiger partial charge is 0.254 e. The molecule has 1 aliphatic heterocycles. The number of hydrogen-bond acceptors (Lipinski definition) is 6. The van der Waals surface area contributed by atoms with Crippen molar-refractivity contribution in [2.24, 2.45) is 0 Å². The number of carbonyl (C=O) groups excluding carboxylic acids is 1. The van der Waals surface area contributed by atoms with E-state index >= 15 is 0 Å². The van der Waals surface area contributed by atoms with Crippen LogP contribution in [0.2, 0.25) is 0 Å². The molecule has 0 radical (unpaired) electrons. The highest BCUT2D eigenvalue weighted by Gasteiger charge is 2.32. The average molecular weight is 416 g/mol. The van der Waals surface area contributed by atoms with E-state index in [0.29, 0.717) is 42.4 Å². The van der Waals surface area contributed by atoms with Crippen molar-refractivity contribution in [3.63, 3.8) is 0 Å². The third-order valence-corrected chi connectivity index (χ3v) is 5.38. The Hall–Kier alpha value is -3.66. The van der Waals surface area contributed by atoms with Crippen molar-refractivity contribution in [3.8, 4) is 11.8 Å². The number of hydrogen-bond donors (Lipinski definition) is 0. The molecule has 1 amide bonds. The van der Waals surface area contributed by atoms with E-state index in [2.05, 4.69) is 16.2 Å². The minimum atomic E-state index is -0.240. The molecule has 1 atom stereocenters. The fourth-order valence-electron chi connectivity index (χ4n) is 3.75. The Morgan fingerprint density at radius 3 is 2.87 bits per heavy atom. The number of ether oxygens (including phenoxy) is 1. The van der Waals surface area contributed by atoms with E-state index in [9.17, 15) is 4.79 Å². The van der Waals surface area contributed by atoms with Gasteiger partial charge in [-0.15, -0.1) is 0 Å². The predicted octanol–water partition coefficient (Wildman–Crippen LogP) is 4.24. The number of piperidine rings is 1. The lowest BCUT2D eigenvalue weighted by molar-refractivity contribution is 0.0561. The van der Waals surface area contributed by atoms with Crippen LogP contribution < -0.4 is 4.74 Å². The molecule has 2 heterocycles. The fraction of sp³-hybridized carbons (Fsp3) is 0.333. The first-order chi connectivity index (χ1) is 15.1. The summed E-state index contributed by atoms with van der Waals surface area (Å²) in [4.78, 5) is 19.4. The molecule has 0 aliphatic carbocycles. The second-order valence-corrected chi connectivity index (χ2v) is 7.66. The van der Waals surface area contributed by atoms with Crippen molar-refractivity contribution >= 4 is 5.91 Å². The quantitative estimate of drug-likeness (QED) is 0.597. The molecule has 0 bridgehead atoms. The van der Waals surface area contributed by atoms with Crippen molar-refractivity contribution in [2.45, 2.75) is 38.6 Å². The summed E-state index contributed by atoms with van der Waals surface area (Å²) in [6.07, 6.45) is 3.23. The van der Waals surface area contributed by atoms with Gasteiger partial charge in [-0.1, -0.05) is 17.3 Å². The summed E-state index contributed by atoms with van der Waals surface area (Å²) < 4.78 is 11.3. The molecule has 0 saturated carbocycles. The maximum Gasteiger partial charge on any atom is 0.254 e. The average Bonchev–Trinajstić information content (AvgIpc) is 3.27. The van der Waals surface area contributed by atoms with Crippen molar-refractivity contribution in [3.05, 3.63) is 76.9 Å². The first kappa shape index (κ1) is 20.6. The number of nitriles is 1. The maximum atomic E-state index is 13.1. The van der Waals surface area contributed by atoms with Gasteiger partial charge >= 0.3 is 0 Å². The first-order valence-corrected chi connectivity index (χ1v) is 10.5. The van der Waals surface area contributed by atoms with Gasteiger partial charge in [0.15, 0.2) is 5.82 Å². The Bertz CT molecular complexity index is 1080. The molecule has 1 fully saturated rings. The van der Waals surface area contributed by atoms with Crippen LogP contribution in [0, 0.1) is 18.3 Å². The Kier molecular flexibility index (Phi) is 6.27. The van der Waals surface area contributed by atoms with E-state index in [4.69, 9.17) is 14.5 Å². The van der Waals surface area contributed by atoms with Crippen LogP contribution in [0.1, 0.15) is 58.5 Å². The van der Waals surface area contributed by atoms with E-state index in [1.54, 1.807) is 29.2 Å². The number of aromatic nitrogens is 2. The van der Waals surface area contributed by atoms with E-state index in [0.717, 1.165) is 30.6 Å². The van der Waals surface area contributed by atoms with Crippen LogP contribution in [0.5, 0.6) is 5.75 Å². The van der Waals surface area contributed by atoms with E-state index < -0.39 is 0 Å². The topological polar surface area (TPSA) is 92.3 Å². The second-order valence-electron chi connectivity index (χ2n) is 7.66. The van der Waals surface area contributed by atoms with Gasteiger partial charge in [-0.25, -0.2) is 0 Å². The standard InChI is InChI=1S/C24H24N4O3/c1-17-5-4-6-20(15-17)30-14-12-22-26-23(31-27-22)21-7-2-3-13-28(21)24(29)19-10-8-18(16-25)9-11-19/h4-6,8-11,15,21H,2-3,7,12-14H2,1H3. The number of carbonyl (C=O) groups is 1. The normalized spacial score (nSPS) is 16.0. The number of rotatable bonds is 6. The highest BCUT2D eigenvalue weighted by molar-refractivity contribution is 5.94. The molecule has 7 heteroatoms. The molecule has 0 N–H and O–H groups in total. The Balaban J connectivity index is 1.41. The lowest BCUT2D eigenvalue weighted by Crippen LogP contribution is -2.38. The van der Waals surface area contributed by atoms with Crippen molar-refractivity contribution in [2.75, 3.05) is 13.2 Å². The zero-order chi connectivity index (χ0) is 21.6. The van der Waals surface area contributed by atoms with E-state index in [1.165, 1.54) is 0 Å². The summed E-state index contributed by atoms with van der Waals surface area (Å²) in [5.74, 6) is 1.76. The lowest BCUT2D eigenvalue weighted by Gasteiger charge is -2.33. The van der Waals surface area contributed by atoms with Gasteiger partial charge in [0.2, 0.25) is 5.89 Å². The van der Waals surface area contributed by atoms with Gasteiger partial charge in [-0.3, -0.25) is 4.79 Å². The summed E-state index contributed by atoms with van der Waals surface area (Å²) in [7, 11) is 0. The Morgan fingerprint density at radius 2 is 2.10 bits per heavy atom. The van der Waals surface area contributed by atoms with Gasteiger partial charge in [0, 0.05) is 18.5 Å². The predicted molar refractivity (Wildman–Crippen MR) is 113 cm³/mol. The van der Waals surface area contributed by atoms with Gasteiger partial charge in [0.05, 0.1) is 18.2 Å². The van der Waals surface area contributed by atoms with Gasteiger partial charge in [0.1, 0.15) is 11.8 Å². The molecule has 1 unspecified atom stereocenters. The van der Waals surface area contributed by atoms with Crippen LogP contribution in [-0.2, 0) is 6.42 Å². The molecule has 3 aromatic rings. The molecule has 1 saturated heterocycles. The number of aryl methyl sites for hydroxylation is 1. The zero-order valence-corrected chi connectivity index (χ0v) is 17.5. The SMILES string of the molecule is Cc1cccc(OCCc2noc(C3CCCCN3C(=O)c3ccc(C#N)cc3)n2)c1. The molecule has 0 spiro atoms. The minimum Gasteiger partial charge on any atom is -0.493 e. The molecule has 4 rings (SSSR count). The highest BCUT2D eigenvalue weighted by Crippen LogP contribution is 2.31. The third kappa shape index (κ3) is 4.92. The summed E-state index contributed by atoms with van der Waals surface area (Å²) in [5.41, 5.74) is 2.22. The van der Waals surface area contributed by atoms with Crippen LogP contribution in [0.15, 0.2) is 53.1 Å². The fourth-order valence-corrected chi connectivity index (χ4v) is 3.75. The number of nitrogens with zero attached hydrogens (tertiary/aromatic N) is 4. The molecule has 1 aliphatic rings. The number of amides is 1. The molecule has 2 aromatic carbocycles. The van der Waals surface area contributed by atoms with Gasteiger partial charge in [0.25, 0.3) is 5.91 Å². The van der Waals surface area contributed by atoms with Crippen LogP contribution in [0.4, 0.5) is 0 Å². The molecule has 31 heavy (non-hydrogen) atoms. The summed E-state index contributed by atoms with van der Waals surface area (Å²) in [6, 6.07) is 16.4. The number of benzene rings is 2. The van der Waals surface area contributed by atoms with Gasteiger partial charge in [-0.05, 0) is 68.1 Å². The molecule has 7 nitrogen and oxygen atoms in total. The molecular weight excluding hydrogens is 392 g/mol. The summed E-state index contributed by atoms with van der Waals surface area (Å²) in [5, 5.41) is 13.1. The van der Waals surface area contributed by atoms with Crippen LogP contribution >= 0.6 is 0 Å². The van der Waals surface area contributed by atoms with Gasteiger partial charge < -0.3 is 14.2 Å². The Morgan fingerprint density at radius 1 is 1.26 bits per heavy atom. The van der Waals surface area contributed by atoms with Crippen molar-refractivity contribution < 1.29 is 14.1 Å². The van der Waals surface area contributed by atoms with E-state index in [-0.39, 0.29) is 11.9 Å². The molecule has 158 valence electrons. The zero-order valence-electron chi connectivity index (χ0n) is 17.5. The highest BCUT2D eigenvalue weighted by atomic mass is 16.5. The van der Waals surface area contributed by atoms with Crippen molar-refractivity contribution in [1.82, 2.24) is 15.0 Å². The van der Waals surface area contributed by atoms with Crippen LogP contribution in [-0.4, -0.2) is 34.1 Å². The molecule has 1 aromatic heterocycles. The largest absolute Gasteiger partial charge is 0.493 e. The first-order valence-electron chi connectivity index (χ1n) is 10.5. The second kappa shape index (κ2) is 9.43. The van der Waals surface area contributed by atoms with Crippen LogP contribution in [0.25, 0.3) is 0 Å². The monoisotopic (exact) mass is 416 g/mol. The maximum absolute atomic E-state index is 13.1. The van der Waals surface area contributed by atoms with Crippen molar-refractivity contribution in [1.29, 1.82) is 5.26 Å². The minimum absolute atomic E-state index is 0.0864. The lowest BCUT2D eigenvalue weighted by atomic mass is 10.0. The van der Waals surface area contributed by atoms with Gasteiger partial charge in [-0.2, -0.15) is 10.2 Å². The summed E-state index contributed by atoms with van der Waals surface area (Å²) >= 11 is 0. The summed E-state index contributed by atoms with van der Waals surface area (Å²) in [6.45, 7) is 3.10. The Labute approximate surface area is 181 Å². The molecular formula is C24H24N4O3. The number of likely N-dealkylation sites (tertiary alicyclic amines) is 1. The van der Waals surface area contributed by atoms with E-state index in [1.807, 2.05) is 31.2 Å².